The summed E-state index contributed by atoms with van der Waals surface area (Å²) >= 11 is 3.76. The number of hydrogen-bond acceptors (Lipinski definition) is 0. The van der Waals surface area contributed by atoms with E-state index in [9.17, 15) is 0 Å². The molecule has 0 aliphatic heterocycles. The molecule has 0 aromatic carbocycles. The molecule has 1 rings (SSSR count). The van der Waals surface area contributed by atoms with Gasteiger partial charge in [0, 0.05) is 4.83 Å². The third-order valence-electron chi connectivity index (χ3n) is 3.05. The highest BCUT2D eigenvalue weighted by atomic mass is 79.9. The Morgan fingerprint density at radius 2 is 2.08 bits per heavy atom. The number of halogens is 1. The SMILES string of the molecule is C=C(CC)CC1CCCCC(Br)C1. The van der Waals surface area contributed by atoms with Crippen molar-refractivity contribution in [1.82, 2.24) is 0 Å². The van der Waals surface area contributed by atoms with E-state index in [1.54, 1.807) is 0 Å². The van der Waals surface area contributed by atoms with Crippen molar-refractivity contribution in [1.29, 1.82) is 0 Å². The average Bonchev–Trinajstić information content (AvgIpc) is 2.30. The van der Waals surface area contributed by atoms with Crippen LogP contribution in [0.2, 0.25) is 0 Å². The third kappa shape index (κ3) is 4.30. The number of hydrogen-bond donors (Lipinski definition) is 0. The summed E-state index contributed by atoms with van der Waals surface area (Å²) in [4.78, 5) is 0.768. The molecule has 76 valence electrons. The van der Waals surface area contributed by atoms with E-state index in [4.69, 9.17) is 0 Å². The molecule has 1 aliphatic rings. The van der Waals surface area contributed by atoms with Crippen molar-refractivity contribution in [2.45, 2.75) is 56.7 Å². The lowest BCUT2D eigenvalue weighted by atomic mass is 9.92. The molecule has 13 heavy (non-hydrogen) atoms. The first-order valence-electron chi connectivity index (χ1n) is 5.53. The number of alkyl halides is 1. The van der Waals surface area contributed by atoms with E-state index < -0.39 is 0 Å². The van der Waals surface area contributed by atoms with Gasteiger partial charge in [-0.15, -0.1) is 0 Å². The molecule has 0 nitrogen and oxygen atoms in total. The van der Waals surface area contributed by atoms with Gasteiger partial charge in [-0.2, -0.15) is 0 Å². The molecule has 0 spiro atoms. The van der Waals surface area contributed by atoms with Gasteiger partial charge < -0.3 is 0 Å². The summed E-state index contributed by atoms with van der Waals surface area (Å²) in [5, 5.41) is 0. The Balaban J connectivity index is 2.34. The van der Waals surface area contributed by atoms with Gasteiger partial charge >= 0.3 is 0 Å². The van der Waals surface area contributed by atoms with Gasteiger partial charge in [-0.05, 0) is 31.6 Å². The van der Waals surface area contributed by atoms with E-state index in [-0.39, 0.29) is 0 Å². The average molecular weight is 245 g/mol. The van der Waals surface area contributed by atoms with E-state index in [2.05, 4.69) is 29.4 Å². The predicted molar refractivity (Wildman–Crippen MR) is 63.3 cm³/mol. The van der Waals surface area contributed by atoms with E-state index in [0.717, 1.165) is 17.2 Å². The summed E-state index contributed by atoms with van der Waals surface area (Å²) in [6.07, 6.45) is 9.39. The molecule has 1 fully saturated rings. The normalized spacial score (nSPS) is 29.7. The smallest absolute Gasteiger partial charge is 0.0148 e. The second kappa shape index (κ2) is 5.85. The fraction of sp³-hybridized carbons (Fsp3) is 0.833. The molecule has 0 radical (unpaired) electrons. The van der Waals surface area contributed by atoms with Crippen molar-refractivity contribution in [3.05, 3.63) is 12.2 Å². The minimum atomic E-state index is 0.768. The van der Waals surface area contributed by atoms with Crippen LogP contribution in [0.4, 0.5) is 0 Å². The highest BCUT2D eigenvalue weighted by Gasteiger charge is 2.18. The van der Waals surface area contributed by atoms with Crippen LogP contribution in [-0.2, 0) is 0 Å². The first kappa shape index (κ1) is 11.3. The summed E-state index contributed by atoms with van der Waals surface area (Å²) in [7, 11) is 0. The van der Waals surface area contributed by atoms with Crippen LogP contribution in [0.3, 0.4) is 0 Å². The summed E-state index contributed by atoms with van der Waals surface area (Å²) in [5.41, 5.74) is 1.44. The fourth-order valence-corrected chi connectivity index (χ4v) is 2.99. The van der Waals surface area contributed by atoms with Gasteiger partial charge in [0.05, 0.1) is 0 Å². The molecule has 0 aromatic rings. The minimum Gasteiger partial charge on any atom is -0.0999 e. The van der Waals surface area contributed by atoms with Crippen LogP contribution in [-0.4, -0.2) is 4.83 Å². The molecule has 1 aliphatic carbocycles. The lowest BCUT2D eigenvalue weighted by molar-refractivity contribution is 0.458. The standard InChI is InChI=1S/C12H21Br/c1-3-10(2)8-11-6-4-5-7-12(13)9-11/h11-12H,2-9H2,1H3. The maximum atomic E-state index is 4.11. The lowest BCUT2D eigenvalue weighted by Gasteiger charge is -2.16. The molecule has 0 bridgehead atoms. The zero-order valence-corrected chi connectivity index (χ0v) is 10.3. The van der Waals surface area contributed by atoms with Gasteiger partial charge in [0.1, 0.15) is 0 Å². The van der Waals surface area contributed by atoms with Crippen LogP contribution in [0.15, 0.2) is 12.2 Å². The zero-order valence-electron chi connectivity index (χ0n) is 8.69. The Morgan fingerprint density at radius 1 is 1.38 bits per heavy atom. The molecule has 0 heterocycles. The molecular weight excluding hydrogens is 224 g/mol. The van der Waals surface area contributed by atoms with E-state index in [1.165, 1.54) is 44.1 Å². The van der Waals surface area contributed by atoms with Gasteiger partial charge in [0.2, 0.25) is 0 Å². The van der Waals surface area contributed by atoms with Gasteiger partial charge in [-0.1, -0.05) is 54.3 Å². The predicted octanol–water partition coefficient (Wildman–Crippen LogP) is 4.69. The molecule has 0 N–H and O–H groups in total. The van der Waals surface area contributed by atoms with E-state index >= 15 is 0 Å². The molecule has 1 heteroatoms. The van der Waals surface area contributed by atoms with Crippen LogP contribution in [0.25, 0.3) is 0 Å². The highest BCUT2D eigenvalue weighted by molar-refractivity contribution is 9.09. The van der Waals surface area contributed by atoms with Gasteiger partial charge in [0.25, 0.3) is 0 Å². The fourth-order valence-electron chi connectivity index (χ4n) is 2.13. The van der Waals surface area contributed by atoms with Gasteiger partial charge in [0.15, 0.2) is 0 Å². The van der Waals surface area contributed by atoms with Crippen LogP contribution in [0.5, 0.6) is 0 Å². The monoisotopic (exact) mass is 244 g/mol. The van der Waals surface area contributed by atoms with Crippen molar-refractivity contribution >= 4 is 15.9 Å². The van der Waals surface area contributed by atoms with Crippen molar-refractivity contribution in [2.24, 2.45) is 5.92 Å². The summed E-state index contributed by atoms with van der Waals surface area (Å²) in [6, 6.07) is 0. The largest absolute Gasteiger partial charge is 0.0999 e. The lowest BCUT2D eigenvalue weighted by Crippen LogP contribution is -2.05. The van der Waals surface area contributed by atoms with Crippen LogP contribution in [0, 0.1) is 5.92 Å². The highest BCUT2D eigenvalue weighted by Crippen LogP contribution is 2.31. The van der Waals surface area contributed by atoms with Crippen LogP contribution >= 0.6 is 15.9 Å². The quantitative estimate of drug-likeness (QED) is 0.384. The third-order valence-corrected chi connectivity index (χ3v) is 3.88. The Hall–Kier alpha value is 0.220. The maximum absolute atomic E-state index is 4.11. The van der Waals surface area contributed by atoms with E-state index in [0.29, 0.717) is 0 Å². The maximum Gasteiger partial charge on any atom is 0.0148 e. The first-order valence-corrected chi connectivity index (χ1v) is 6.44. The molecule has 0 saturated heterocycles. The summed E-state index contributed by atoms with van der Waals surface area (Å²) in [6.45, 7) is 6.32. The Morgan fingerprint density at radius 3 is 2.77 bits per heavy atom. The molecular formula is C12H21Br. The van der Waals surface area contributed by atoms with E-state index in [1.807, 2.05) is 0 Å². The Kier molecular flexibility index (Phi) is 5.08. The van der Waals surface area contributed by atoms with Crippen molar-refractivity contribution in [2.75, 3.05) is 0 Å². The molecule has 0 aromatic heterocycles. The second-order valence-corrected chi connectivity index (χ2v) is 5.59. The number of rotatable bonds is 3. The minimum absolute atomic E-state index is 0.768. The molecule has 1 saturated carbocycles. The van der Waals surface area contributed by atoms with Crippen molar-refractivity contribution in [3.63, 3.8) is 0 Å². The van der Waals surface area contributed by atoms with Gasteiger partial charge in [-0.3, -0.25) is 0 Å². The topological polar surface area (TPSA) is 0 Å². The van der Waals surface area contributed by atoms with Crippen molar-refractivity contribution in [3.8, 4) is 0 Å². The Labute approximate surface area is 90.9 Å². The summed E-state index contributed by atoms with van der Waals surface area (Å²) < 4.78 is 0. The summed E-state index contributed by atoms with van der Waals surface area (Å²) in [5.74, 6) is 0.902. The van der Waals surface area contributed by atoms with Crippen LogP contribution < -0.4 is 0 Å². The second-order valence-electron chi connectivity index (χ2n) is 4.29. The van der Waals surface area contributed by atoms with Gasteiger partial charge in [-0.25, -0.2) is 0 Å². The first-order chi connectivity index (χ1) is 6.22. The molecule has 2 unspecified atom stereocenters. The number of allylic oxidation sites excluding steroid dienone is 1. The van der Waals surface area contributed by atoms with Crippen LogP contribution in [0.1, 0.15) is 51.9 Å². The molecule has 2 atom stereocenters. The molecule has 0 amide bonds. The Bertz CT molecular complexity index is 163. The van der Waals surface area contributed by atoms with Crippen molar-refractivity contribution < 1.29 is 0 Å². The zero-order chi connectivity index (χ0) is 9.68.